The van der Waals surface area contributed by atoms with Crippen molar-refractivity contribution in [2.24, 2.45) is 4.99 Å². The largest absolute Gasteiger partial charge is 0.352 e. The lowest BCUT2D eigenvalue weighted by molar-refractivity contribution is 0.346. The number of sulfonamides is 1. The molecule has 1 fully saturated rings. The standard InChI is InChI=1S/C20H27N5O2S/c1-21-20(24-16-18-9-3-4-11-22-18)23-15-17-8-7-10-19(14-17)28(26,27)25-12-5-2-6-13-25/h3-4,7-11,14H,2,5-6,12-13,15-16H2,1H3,(H2,21,23,24). The summed E-state index contributed by atoms with van der Waals surface area (Å²) in [6, 6.07) is 12.9. The maximum Gasteiger partial charge on any atom is 0.243 e. The normalized spacial score (nSPS) is 16.0. The Hall–Kier alpha value is -2.45. The Balaban J connectivity index is 1.60. The van der Waals surface area contributed by atoms with Crippen LogP contribution < -0.4 is 10.6 Å². The van der Waals surface area contributed by atoms with Crippen LogP contribution in [0.15, 0.2) is 58.5 Å². The molecule has 150 valence electrons. The number of hydrogen-bond acceptors (Lipinski definition) is 4. The first-order valence-corrected chi connectivity index (χ1v) is 11.0. The lowest BCUT2D eigenvalue weighted by Crippen LogP contribution is -2.37. The fraction of sp³-hybridized carbons (Fsp3) is 0.400. The van der Waals surface area contributed by atoms with Crippen molar-refractivity contribution in [3.63, 3.8) is 0 Å². The first-order chi connectivity index (χ1) is 13.6. The van der Waals surface area contributed by atoms with Crippen LogP contribution in [0.4, 0.5) is 0 Å². The van der Waals surface area contributed by atoms with Gasteiger partial charge in [0.1, 0.15) is 0 Å². The van der Waals surface area contributed by atoms with E-state index in [1.807, 2.05) is 24.3 Å². The summed E-state index contributed by atoms with van der Waals surface area (Å²) in [6.07, 6.45) is 4.71. The van der Waals surface area contributed by atoms with Crippen LogP contribution in [0.5, 0.6) is 0 Å². The Kier molecular flexibility index (Phi) is 7.00. The van der Waals surface area contributed by atoms with E-state index >= 15 is 0 Å². The second-order valence-corrected chi connectivity index (χ2v) is 8.65. The zero-order valence-corrected chi connectivity index (χ0v) is 17.0. The molecule has 2 heterocycles. The number of nitrogens with one attached hydrogen (secondary N) is 2. The van der Waals surface area contributed by atoms with E-state index in [0.717, 1.165) is 30.5 Å². The highest BCUT2D eigenvalue weighted by Crippen LogP contribution is 2.21. The van der Waals surface area contributed by atoms with Gasteiger partial charge in [-0.25, -0.2) is 8.42 Å². The molecule has 2 N–H and O–H groups in total. The summed E-state index contributed by atoms with van der Waals surface area (Å²) >= 11 is 0. The van der Waals surface area contributed by atoms with Gasteiger partial charge in [0.15, 0.2) is 5.96 Å². The summed E-state index contributed by atoms with van der Waals surface area (Å²) in [6.45, 7) is 2.25. The molecule has 0 aliphatic carbocycles. The molecule has 0 spiro atoms. The monoisotopic (exact) mass is 401 g/mol. The lowest BCUT2D eigenvalue weighted by atomic mass is 10.2. The van der Waals surface area contributed by atoms with E-state index in [-0.39, 0.29) is 0 Å². The third kappa shape index (κ3) is 5.30. The number of nitrogens with zero attached hydrogens (tertiary/aromatic N) is 3. The van der Waals surface area contributed by atoms with Crippen molar-refractivity contribution in [2.75, 3.05) is 20.1 Å². The summed E-state index contributed by atoms with van der Waals surface area (Å²) < 4.78 is 27.3. The van der Waals surface area contributed by atoms with Crippen molar-refractivity contribution in [3.8, 4) is 0 Å². The van der Waals surface area contributed by atoms with E-state index in [1.165, 1.54) is 0 Å². The van der Waals surface area contributed by atoms with Crippen molar-refractivity contribution >= 4 is 16.0 Å². The molecule has 1 aliphatic heterocycles. The molecule has 0 atom stereocenters. The zero-order chi connectivity index (χ0) is 19.8. The summed E-state index contributed by atoms with van der Waals surface area (Å²) in [5.74, 6) is 0.634. The molecule has 0 radical (unpaired) electrons. The second kappa shape index (κ2) is 9.66. The fourth-order valence-electron chi connectivity index (χ4n) is 3.15. The van der Waals surface area contributed by atoms with E-state index in [0.29, 0.717) is 37.0 Å². The van der Waals surface area contributed by atoms with Crippen LogP contribution in [-0.4, -0.2) is 43.8 Å². The molecular formula is C20H27N5O2S. The summed E-state index contributed by atoms with van der Waals surface area (Å²) in [5, 5.41) is 6.42. The predicted molar refractivity (Wildman–Crippen MR) is 110 cm³/mol. The highest BCUT2D eigenvalue weighted by Gasteiger charge is 2.25. The molecule has 1 aromatic heterocycles. The Morgan fingerprint density at radius 1 is 1.07 bits per heavy atom. The number of aromatic nitrogens is 1. The number of piperidine rings is 1. The Labute approximate surface area is 167 Å². The van der Waals surface area contributed by atoms with E-state index < -0.39 is 10.0 Å². The Morgan fingerprint density at radius 3 is 2.57 bits per heavy atom. The molecule has 7 nitrogen and oxygen atoms in total. The molecule has 2 aromatic rings. The van der Waals surface area contributed by atoms with E-state index in [1.54, 1.807) is 35.7 Å². The van der Waals surface area contributed by atoms with Crippen LogP contribution in [0, 0.1) is 0 Å². The van der Waals surface area contributed by atoms with Crippen molar-refractivity contribution < 1.29 is 8.42 Å². The number of rotatable bonds is 6. The summed E-state index contributed by atoms with van der Waals surface area (Å²) in [4.78, 5) is 8.82. The maximum atomic E-state index is 12.9. The lowest BCUT2D eigenvalue weighted by Gasteiger charge is -2.26. The van der Waals surface area contributed by atoms with Crippen LogP contribution in [-0.2, 0) is 23.1 Å². The smallest absolute Gasteiger partial charge is 0.243 e. The fourth-order valence-corrected chi connectivity index (χ4v) is 4.74. The number of benzene rings is 1. The third-order valence-corrected chi connectivity index (χ3v) is 6.59. The number of guanidine groups is 1. The van der Waals surface area contributed by atoms with Gasteiger partial charge in [-0.05, 0) is 42.7 Å². The van der Waals surface area contributed by atoms with Crippen molar-refractivity contribution in [2.45, 2.75) is 37.2 Å². The number of pyridine rings is 1. The SMILES string of the molecule is CN=C(NCc1cccc(S(=O)(=O)N2CCCCC2)c1)NCc1ccccn1. The van der Waals surface area contributed by atoms with Gasteiger partial charge in [0.2, 0.25) is 10.0 Å². The van der Waals surface area contributed by atoms with Gasteiger partial charge in [-0.15, -0.1) is 0 Å². The van der Waals surface area contributed by atoms with E-state index in [2.05, 4.69) is 20.6 Å². The molecule has 0 amide bonds. The zero-order valence-electron chi connectivity index (χ0n) is 16.1. The maximum absolute atomic E-state index is 12.9. The van der Waals surface area contributed by atoms with Gasteiger partial charge >= 0.3 is 0 Å². The highest BCUT2D eigenvalue weighted by atomic mass is 32.2. The van der Waals surface area contributed by atoms with Gasteiger partial charge < -0.3 is 10.6 Å². The van der Waals surface area contributed by atoms with Gasteiger partial charge in [0, 0.05) is 32.9 Å². The molecule has 28 heavy (non-hydrogen) atoms. The van der Waals surface area contributed by atoms with Crippen LogP contribution in [0.25, 0.3) is 0 Å². The van der Waals surface area contributed by atoms with Gasteiger partial charge in [0.25, 0.3) is 0 Å². The van der Waals surface area contributed by atoms with Crippen LogP contribution in [0.2, 0.25) is 0 Å². The molecule has 3 rings (SSSR count). The molecule has 1 saturated heterocycles. The molecule has 0 bridgehead atoms. The van der Waals surface area contributed by atoms with Crippen LogP contribution in [0.3, 0.4) is 0 Å². The molecule has 0 unspecified atom stereocenters. The van der Waals surface area contributed by atoms with Gasteiger partial charge in [0.05, 0.1) is 17.1 Å². The average molecular weight is 402 g/mol. The number of aliphatic imine (C=N–C) groups is 1. The highest BCUT2D eigenvalue weighted by molar-refractivity contribution is 7.89. The molecule has 0 saturated carbocycles. The van der Waals surface area contributed by atoms with Crippen LogP contribution >= 0.6 is 0 Å². The third-order valence-electron chi connectivity index (χ3n) is 4.70. The van der Waals surface area contributed by atoms with Gasteiger partial charge in [-0.2, -0.15) is 4.31 Å². The Bertz CT molecular complexity index is 894. The van der Waals surface area contributed by atoms with Crippen molar-refractivity contribution in [1.82, 2.24) is 19.9 Å². The minimum atomic E-state index is -3.42. The molecule has 1 aliphatic rings. The Morgan fingerprint density at radius 2 is 1.86 bits per heavy atom. The topological polar surface area (TPSA) is 86.7 Å². The van der Waals surface area contributed by atoms with Gasteiger partial charge in [-0.3, -0.25) is 9.98 Å². The summed E-state index contributed by atoms with van der Waals surface area (Å²) in [5.41, 5.74) is 1.80. The van der Waals surface area contributed by atoms with E-state index in [9.17, 15) is 8.42 Å². The first kappa shape index (κ1) is 20.3. The second-order valence-electron chi connectivity index (χ2n) is 6.71. The molecule has 8 heteroatoms. The molecule has 1 aromatic carbocycles. The van der Waals surface area contributed by atoms with E-state index in [4.69, 9.17) is 0 Å². The first-order valence-electron chi connectivity index (χ1n) is 9.53. The number of hydrogen-bond donors (Lipinski definition) is 2. The van der Waals surface area contributed by atoms with Crippen molar-refractivity contribution in [3.05, 3.63) is 59.9 Å². The average Bonchev–Trinajstić information content (AvgIpc) is 2.75. The predicted octanol–water partition coefficient (Wildman–Crippen LogP) is 2.12. The quantitative estimate of drug-likeness (QED) is 0.572. The minimum absolute atomic E-state index is 0.352. The summed E-state index contributed by atoms with van der Waals surface area (Å²) in [7, 11) is -1.72. The van der Waals surface area contributed by atoms with Gasteiger partial charge in [-0.1, -0.05) is 24.6 Å². The van der Waals surface area contributed by atoms with Crippen LogP contribution in [0.1, 0.15) is 30.5 Å². The minimum Gasteiger partial charge on any atom is -0.352 e. The molecular weight excluding hydrogens is 374 g/mol. The van der Waals surface area contributed by atoms with Crippen molar-refractivity contribution in [1.29, 1.82) is 0 Å².